The van der Waals surface area contributed by atoms with Crippen LogP contribution in [0.4, 0.5) is 15.8 Å². The number of methoxy groups -OCH3 is 1. The van der Waals surface area contributed by atoms with E-state index in [2.05, 4.69) is 25.0 Å². The summed E-state index contributed by atoms with van der Waals surface area (Å²) in [5, 5.41) is 13.2. The molecule has 0 fully saturated rings. The molecular formula is C21H16ClFN4O3. The van der Waals surface area contributed by atoms with Crippen molar-refractivity contribution in [3.8, 4) is 11.3 Å². The molecule has 2 heterocycles. The van der Waals surface area contributed by atoms with Crippen molar-refractivity contribution in [1.82, 2.24) is 15.0 Å². The lowest BCUT2D eigenvalue weighted by Crippen LogP contribution is -2.03. The number of aliphatic hydroxyl groups excluding tert-OH is 1. The number of hydrogen-bond acceptors (Lipinski definition) is 6. The number of hydrogen-bond donors (Lipinski definition) is 3. The fourth-order valence-electron chi connectivity index (χ4n) is 3.08. The summed E-state index contributed by atoms with van der Waals surface area (Å²) in [6, 6.07) is 10.1. The van der Waals surface area contributed by atoms with E-state index in [1.54, 1.807) is 24.4 Å². The first-order valence-electron chi connectivity index (χ1n) is 8.89. The van der Waals surface area contributed by atoms with Crippen molar-refractivity contribution in [3.63, 3.8) is 0 Å². The molecule has 0 bridgehead atoms. The predicted octanol–water partition coefficient (Wildman–Crippen LogP) is 4.44. The smallest absolute Gasteiger partial charge is 0.374 e. The molecule has 4 aromatic rings. The van der Waals surface area contributed by atoms with Gasteiger partial charge in [-0.05, 0) is 24.3 Å². The van der Waals surface area contributed by atoms with Gasteiger partial charge in [-0.2, -0.15) is 0 Å². The Morgan fingerprint density at radius 1 is 1.27 bits per heavy atom. The number of aromatic amines is 1. The van der Waals surface area contributed by atoms with Crippen LogP contribution in [0, 0.1) is 5.82 Å². The number of carbonyl (C=O) groups excluding carboxylic acids is 1. The summed E-state index contributed by atoms with van der Waals surface area (Å²) in [5.41, 5.74) is 3.06. The van der Waals surface area contributed by atoms with Gasteiger partial charge in [-0.1, -0.05) is 23.7 Å². The zero-order valence-corrected chi connectivity index (χ0v) is 16.5. The summed E-state index contributed by atoms with van der Waals surface area (Å²) >= 11 is 5.91. The van der Waals surface area contributed by atoms with Gasteiger partial charge in [0.1, 0.15) is 0 Å². The van der Waals surface area contributed by atoms with Crippen LogP contribution in [0.3, 0.4) is 0 Å². The van der Waals surface area contributed by atoms with Crippen molar-refractivity contribution in [2.24, 2.45) is 0 Å². The molecular weight excluding hydrogens is 411 g/mol. The van der Waals surface area contributed by atoms with Crippen LogP contribution in [0.2, 0.25) is 5.02 Å². The molecule has 9 heteroatoms. The van der Waals surface area contributed by atoms with Crippen LogP contribution in [0.25, 0.3) is 22.2 Å². The molecule has 0 unspecified atom stereocenters. The van der Waals surface area contributed by atoms with E-state index in [1.165, 1.54) is 19.4 Å². The Morgan fingerprint density at radius 3 is 2.87 bits per heavy atom. The highest BCUT2D eigenvalue weighted by Crippen LogP contribution is 2.33. The summed E-state index contributed by atoms with van der Waals surface area (Å²) in [6.07, 6.45) is 3.12. The number of pyridine rings is 1. The second kappa shape index (κ2) is 8.10. The molecule has 0 atom stereocenters. The summed E-state index contributed by atoms with van der Waals surface area (Å²) in [7, 11) is 1.28. The first-order valence-corrected chi connectivity index (χ1v) is 9.27. The number of aliphatic hydroxyl groups is 1. The Kier molecular flexibility index (Phi) is 5.35. The third-order valence-electron chi connectivity index (χ3n) is 4.62. The maximum Gasteiger partial charge on any atom is 0.374 e. The van der Waals surface area contributed by atoms with Gasteiger partial charge in [0.05, 0.1) is 41.8 Å². The summed E-state index contributed by atoms with van der Waals surface area (Å²) in [4.78, 5) is 22.9. The van der Waals surface area contributed by atoms with E-state index in [1.807, 2.05) is 12.1 Å². The molecule has 4 rings (SSSR count). The van der Waals surface area contributed by atoms with Crippen molar-refractivity contribution < 1.29 is 19.0 Å². The maximum absolute atomic E-state index is 14.6. The van der Waals surface area contributed by atoms with Crippen molar-refractivity contribution in [1.29, 1.82) is 0 Å². The first-order chi connectivity index (χ1) is 14.5. The molecule has 3 N–H and O–H groups in total. The van der Waals surface area contributed by atoms with Crippen LogP contribution >= 0.6 is 11.6 Å². The van der Waals surface area contributed by atoms with Crippen LogP contribution in [-0.2, 0) is 11.3 Å². The highest BCUT2D eigenvalue weighted by atomic mass is 35.5. The largest absolute Gasteiger partial charge is 0.463 e. The van der Waals surface area contributed by atoms with Gasteiger partial charge in [-0.3, -0.25) is 4.98 Å². The van der Waals surface area contributed by atoms with Crippen LogP contribution in [-0.4, -0.2) is 33.1 Å². The minimum Gasteiger partial charge on any atom is -0.463 e. The fraction of sp³-hybridized carbons (Fsp3) is 0.0952. The van der Waals surface area contributed by atoms with Crippen LogP contribution in [0.5, 0.6) is 0 Å². The Morgan fingerprint density at radius 2 is 2.10 bits per heavy atom. The Labute approximate surface area is 175 Å². The summed E-state index contributed by atoms with van der Waals surface area (Å²) in [5.74, 6) is -1.13. The number of rotatable bonds is 5. The second-order valence-corrected chi connectivity index (χ2v) is 6.81. The molecule has 0 aliphatic rings. The summed E-state index contributed by atoms with van der Waals surface area (Å²) < 4.78 is 19.3. The second-order valence-electron chi connectivity index (χ2n) is 6.41. The fourth-order valence-corrected chi connectivity index (χ4v) is 3.24. The zero-order chi connectivity index (χ0) is 21.3. The normalized spacial score (nSPS) is 10.9. The molecule has 0 saturated heterocycles. The quantitative estimate of drug-likeness (QED) is 0.408. The van der Waals surface area contributed by atoms with Gasteiger partial charge in [0.15, 0.2) is 5.82 Å². The third kappa shape index (κ3) is 3.58. The summed E-state index contributed by atoms with van der Waals surface area (Å²) in [6.45, 7) is -0.352. The van der Waals surface area contributed by atoms with Crippen molar-refractivity contribution in [2.45, 2.75) is 6.61 Å². The molecule has 0 aliphatic heterocycles. The van der Waals surface area contributed by atoms with E-state index in [-0.39, 0.29) is 23.1 Å². The molecule has 2 aromatic heterocycles. The maximum atomic E-state index is 14.6. The van der Waals surface area contributed by atoms with Crippen molar-refractivity contribution in [2.75, 3.05) is 12.4 Å². The molecule has 0 radical (unpaired) electrons. The van der Waals surface area contributed by atoms with Crippen molar-refractivity contribution >= 4 is 39.8 Å². The molecule has 0 saturated carbocycles. The van der Waals surface area contributed by atoms with Gasteiger partial charge in [-0.15, -0.1) is 0 Å². The average Bonchev–Trinajstić information content (AvgIpc) is 3.27. The topological polar surface area (TPSA) is 100 Å². The third-order valence-corrected chi connectivity index (χ3v) is 4.91. The number of esters is 1. The van der Waals surface area contributed by atoms with Gasteiger partial charge in [0.25, 0.3) is 0 Å². The van der Waals surface area contributed by atoms with Gasteiger partial charge in [0.2, 0.25) is 5.82 Å². The number of halogens is 2. The molecule has 0 spiro atoms. The predicted molar refractivity (Wildman–Crippen MR) is 111 cm³/mol. The van der Waals surface area contributed by atoms with Crippen LogP contribution in [0.15, 0.2) is 48.8 Å². The molecule has 0 aliphatic carbocycles. The Balaban J connectivity index is 1.79. The molecule has 152 valence electrons. The van der Waals surface area contributed by atoms with Gasteiger partial charge < -0.3 is 20.1 Å². The van der Waals surface area contributed by atoms with Gasteiger partial charge >= 0.3 is 5.97 Å². The number of H-pyrrole nitrogens is 1. The minimum absolute atomic E-state index is 0.0541. The lowest BCUT2D eigenvalue weighted by atomic mass is 10.1. The number of nitrogens with zero attached hydrogens (tertiary/aromatic N) is 2. The highest BCUT2D eigenvalue weighted by Gasteiger charge is 2.15. The van der Waals surface area contributed by atoms with Crippen LogP contribution < -0.4 is 5.32 Å². The van der Waals surface area contributed by atoms with E-state index in [0.29, 0.717) is 27.8 Å². The van der Waals surface area contributed by atoms with E-state index < -0.39 is 11.8 Å². The van der Waals surface area contributed by atoms with Crippen LogP contribution in [0.1, 0.15) is 16.2 Å². The number of benzene rings is 2. The number of imidazole rings is 1. The molecule has 30 heavy (non-hydrogen) atoms. The molecule has 7 nitrogen and oxygen atoms in total. The van der Waals surface area contributed by atoms with Gasteiger partial charge in [0, 0.05) is 28.4 Å². The first kappa shape index (κ1) is 19.8. The SMILES string of the molecule is COC(=O)c1ncc(-c2ccc3nccc(Nc4c(CO)ccc(Cl)c4F)c3c2)[nH]1. The highest BCUT2D eigenvalue weighted by molar-refractivity contribution is 6.31. The standard InChI is InChI=1S/C21H16ClFN4O3/c1-30-21(29)20-25-9-17(27-20)11-3-5-15-13(8-11)16(6-7-24-15)26-19-12(10-28)2-4-14(22)18(19)23/h2-9,28H,10H2,1H3,(H,24,26)(H,25,27). The number of nitrogens with one attached hydrogen (secondary N) is 2. The van der Waals surface area contributed by atoms with E-state index in [0.717, 1.165) is 5.56 Å². The minimum atomic E-state index is -0.652. The monoisotopic (exact) mass is 426 g/mol. The van der Waals surface area contributed by atoms with Crippen molar-refractivity contribution in [3.05, 3.63) is 71.0 Å². The number of ether oxygens (including phenoxy) is 1. The zero-order valence-electron chi connectivity index (χ0n) is 15.7. The Hall–Kier alpha value is -3.49. The Bertz CT molecular complexity index is 1260. The number of aromatic nitrogens is 3. The number of carbonyl (C=O) groups is 1. The molecule has 0 amide bonds. The lowest BCUT2D eigenvalue weighted by Gasteiger charge is -2.15. The van der Waals surface area contributed by atoms with Gasteiger partial charge in [-0.25, -0.2) is 14.2 Å². The van der Waals surface area contributed by atoms with E-state index in [4.69, 9.17) is 11.6 Å². The average molecular weight is 427 g/mol. The lowest BCUT2D eigenvalue weighted by molar-refractivity contribution is 0.0588. The van der Waals surface area contributed by atoms with E-state index >= 15 is 0 Å². The number of fused-ring (bicyclic) bond motifs is 1. The van der Waals surface area contributed by atoms with E-state index in [9.17, 15) is 14.3 Å². The molecule has 2 aromatic carbocycles. The number of anilines is 2.